The lowest BCUT2D eigenvalue weighted by atomic mass is 9.78. The number of para-hydroxylation sites is 2. The third kappa shape index (κ3) is 3.19. The highest BCUT2D eigenvalue weighted by molar-refractivity contribution is 6.62. The van der Waals surface area contributed by atoms with Gasteiger partial charge in [0.25, 0.3) is 0 Å². The van der Waals surface area contributed by atoms with Gasteiger partial charge in [-0.05, 0) is 74.8 Å². The summed E-state index contributed by atoms with van der Waals surface area (Å²) in [6.07, 6.45) is 5.94. The number of nitrogens with zero attached hydrogens (tertiary/aromatic N) is 2. The lowest BCUT2D eigenvalue weighted by Crippen LogP contribution is -2.41. The number of pyridine rings is 1. The summed E-state index contributed by atoms with van der Waals surface area (Å²) in [5, 5.41) is 3.45. The van der Waals surface area contributed by atoms with Gasteiger partial charge in [-0.15, -0.1) is 0 Å². The molecule has 35 heavy (non-hydrogen) atoms. The van der Waals surface area contributed by atoms with Crippen molar-refractivity contribution < 1.29 is 9.31 Å². The van der Waals surface area contributed by atoms with Crippen LogP contribution in [0, 0.1) is 6.92 Å². The Bertz CT molecular complexity index is 1680. The van der Waals surface area contributed by atoms with Gasteiger partial charge in [0, 0.05) is 10.8 Å². The summed E-state index contributed by atoms with van der Waals surface area (Å²) < 4.78 is 15.1. The first kappa shape index (κ1) is 22.1. The Morgan fingerprint density at radius 3 is 2.40 bits per heavy atom. The molecular weight excluding hydrogens is 431 g/mol. The molecule has 174 valence electrons. The molecule has 1 aliphatic rings. The maximum absolute atomic E-state index is 6.39. The smallest absolute Gasteiger partial charge is 0.399 e. The molecular formula is C30H29BN2O2. The van der Waals surface area contributed by atoms with E-state index in [0.29, 0.717) is 0 Å². The van der Waals surface area contributed by atoms with E-state index in [9.17, 15) is 0 Å². The second-order valence-electron chi connectivity index (χ2n) is 10.4. The van der Waals surface area contributed by atoms with Gasteiger partial charge in [-0.1, -0.05) is 61.2 Å². The van der Waals surface area contributed by atoms with Crippen LogP contribution >= 0.6 is 0 Å². The Balaban J connectivity index is 1.73. The van der Waals surface area contributed by atoms with E-state index >= 15 is 0 Å². The molecule has 0 spiro atoms. The maximum Gasteiger partial charge on any atom is 0.494 e. The summed E-state index contributed by atoms with van der Waals surface area (Å²) in [5.41, 5.74) is 6.75. The first-order valence-electron chi connectivity index (χ1n) is 12.1. The average molecular weight is 460 g/mol. The van der Waals surface area contributed by atoms with Gasteiger partial charge in [0.2, 0.25) is 0 Å². The van der Waals surface area contributed by atoms with E-state index in [1.165, 1.54) is 5.56 Å². The molecule has 1 fully saturated rings. The molecule has 1 saturated heterocycles. The molecule has 0 aliphatic carbocycles. The van der Waals surface area contributed by atoms with Crippen LogP contribution in [0.15, 0.2) is 73.3 Å². The van der Waals surface area contributed by atoms with Crippen LogP contribution in [0.25, 0.3) is 44.4 Å². The predicted molar refractivity (Wildman–Crippen MR) is 147 cm³/mol. The Morgan fingerprint density at radius 2 is 1.66 bits per heavy atom. The minimum absolute atomic E-state index is 0.390. The van der Waals surface area contributed by atoms with Gasteiger partial charge in [0.05, 0.1) is 27.8 Å². The van der Waals surface area contributed by atoms with E-state index in [-0.39, 0.29) is 11.2 Å². The molecule has 0 saturated carbocycles. The van der Waals surface area contributed by atoms with Crippen molar-refractivity contribution in [2.75, 3.05) is 0 Å². The van der Waals surface area contributed by atoms with Crippen molar-refractivity contribution in [2.45, 2.75) is 45.8 Å². The van der Waals surface area contributed by atoms with Crippen LogP contribution in [0.2, 0.25) is 0 Å². The molecule has 5 aromatic rings. The Hall–Kier alpha value is -3.41. The van der Waals surface area contributed by atoms with Crippen LogP contribution in [0.5, 0.6) is 0 Å². The summed E-state index contributed by atoms with van der Waals surface area (Å²) in [6.45, 7) is 14.4. The molecule has 0 amide bonds. The van der Waals surface area contributed by atoms with E-state index in [4.69, 9.17) is 14.3 Å². The summed E-state index contributed by atoms with van der Waals surface area (Å²) in [4.78, 5) is 5.10. The highest BCUT2D eigenvalue weighted by atomic mass is 16.7. The van der Waals surface area contributed by atoms with Crippen molar-refractivity contribution in [3.63, 3.8) is 0 Å². The number of aryl methyl sites for hydroxylation is 1. The molecule has 5 heteroatoms. The highest BCUT2D eigenvalue weighted by Gasteiger charge is 2.51. The second kappa shape index (κ2) is 7.55. The molecule has 4 nitrogen and oxygen atoms in total. The molecule has 3 aromatic carbocycles. The monoisotopic (exact) mass is 460 g/mol. The zero-order chi connectivity index (χ0) is 24.5. The fraction of sp³-hybridized carbons (Fsp3) is 0.233. The minimum atomic E-state index is -0.416. The quantitative estimate of drug-likeness (QED) is 0.173. The van der Waals surface area contributed by atoms with Gasteiger partial charge in [0.15, 0.2) is 0 Å². The Morgan fingerprint density at radius 1 is 0.914 bits per heavy atom. The standard InChI is InChI=1S/C30H29BN2O2/c1-7-8-11-21-19(2)14-16-22-23-18-20(31-34-29(3,4)30(5,6)35-31)15-17-25(23)33-26-13-10-9-12-24(26)32-28(33)27(21)22/h7-18H,1H2,2-6H3/b11-8-. The first-order valence-corrected chi connectivity index (χ1v) is 12.1. The SMILES string of the molecule is C=C/C=C\c1c(C)ccc2c3cc(B4OC(C)(C)C(C)(C)O4)ccc3n3c4ccccc4nc3c12. The van der Waals surface area contributed by atoms with Crippen molar-refractivity contribution in [1.82, 2.24) is 9.38 Å². The molecule has 0 unspecified atom stereocenters. The van der Waals surface area contributed by atoms with Crippen LogP contribution in [0.1, 0.15) is 38.8 Å². The summed E-state index contributed by atoms with van der Waals surface area (Å²) in [7, 11) is -0.416. The molecule has 3 heterocycles. The van der Waals surface area contributed by atoms with Crippen LogP contribution in [0.4, 0.5) is 0 Å². The number of hydrogen-bond donors (Lipinski definition) is 0. The van der Waals surface area contributed by atoms with Crippen molar-refractivity contribution in [3.05, 3.63) is 84.5 Å². The number of imidazole rings is 1. The molecule has 2 aromatic heterocycles. The van der Waals surface area contributed by atoms with E-state index in [1.54, 1.807) is 0 Å². The normalized spacial score (nSPS) is 17.5. The van der Waals surface area contributed by atoms with Crippen LogP contribution < -0.4 is 5.46 Å². The minimum Gasteiger partial charge on any atom is -0.399 e. The lowest BCUT2D eigenvalue weighted by molar-refractivity contribution is 0.00578. The fourth-order valence-corrected chi connectivity index (χ4v) is 5.10. The predicted octanol–water partition coefficient (Wildman–Crippen LogP) is 6.60. The summed E-state index contributed by atoms with van der Waals surface area (Å²) in [6, 6.07) is 19.2. The van der Waals surface area contributed by atoms with Gasteiger partial charge in [-0.25, -0.2) is 4.98 Å². The van der Waals surface area contributed by atoms with Crippen LogP contribution in [0.3, 0.4) is 0 Å². The molecule has 6 rings (SSSR count). The van der Waals surface area contributed by atoms with Crippen molar-refractivity contribution >= 4 is 57.0 Å². The number of allylic oxidation sites excluding steroid dienone is 2. The third-order valence-corrected chi connectivity index (χ3v) is 7.72. The average Bonchev–Trinajstić information content (AvgIpc) is 3.31. The molecule has 1 aliphatic heterocycles. The highest BCUT2D eigenvalue weighted by Crippen LogP contribution is 2.38. The summed E-state index contributed by atoms with van der Waals surface area (Å²) >= 11 is 0. The number of fused-ring (bicyclic) bond motifs is 8. The topological polar surface area (TPSA) is 35.8 Å². The van der Waals surface area contributed by atoms with E-state index < -0.39 is 7.12 Å². The van der Waals surface area contributed by atoms with Gasteiger partial charge in [-0.3, -0.25) is 4.40 Å². The second-order valence-corrected chi connectivity index (χ2v) is 10.4. The maximum atomic E-state index is 6.39. The van der Waals surface area contributed by atoms with E-state index in [1.807, 2.05) is 18.2 Å². The van der Waals surface area contributed by atoms with E-state index in [2.05, 4.69) is 100 Å². The van der Waals surface area contributed by atoms with E-state index in [0.717, 1.165) is 49.4 Å². The van der Waals surface area contributed by atoms with Crippen LogP contribution in [-0.4, -0.2) is 27.7 Å². The number of rotatable bonds is 3. The third-order valence-electron chi connectivity index (χ3n) is 7.72. The molecule has 0 N–H and O–H groups in total. The van der Waals surface area contributed by atoms with Gasteiger partial charge < -0.3 is 9.31 Å². The molecule has 0 atom stereocenters. The fourth-order valence-electron chi connectivity index (χ4n) is 5.10. The van der Waals surface area contributed by atoms with Crippen molar-refractivity contribution in [3.8, 4) is 0 Å². The Labute approximate surface area is 206 Å². The lowest BCUT2D eigenvalue weighted by Gasteiger charge is -2.32. The summed E-state index contributed by atoms with van der Waals surface area (Å²) in [5.74, 6) is 0. The number of benzene rings is 3. The van der Waals surface area contributed by atoms with Gasteiger partial charge >= 0.3 is 7.12 Å². The van der Waals surface area contributed by atoms with Crippen molar-refractivity contribution in [2.24, 2.45) is 0 Å². The van der Waals surface area contributed by atoms with Crippen molar-refractivity contribution in [1.29, 1.82) is 0 Å². The van der Waals surface area contributed by atoms with Gasteiger partial charge in [0.1, 0.15) is 5.65 Å². The Kier molecular flexibility index (Phi) is 4.76. The first-order chi connectivity index (χ1) is 16.7. The molecule has 0 bridgehead atoms. The van der Waals surface area contributed by atoms with Crippen LogP contribution in [-0.2, 0) is 9.31 Å². The number of aromatic nitrogens is 2. The zero-order valence-electron chi connectivity index (χ0n) is 20.9. The molecule has 0 radical (unpaired) electrons. The number of hydrogen-bond acceptors (Lipinski definition) is 3. The zero-order valence-corrected chi connectivity index (χ0v) is 20.9. The van der Waals surface area contributed by atoms with Gasteiger partial charge in [-0.2, -0.15) is 0 Å². The largest absolute Gasteiger partial charge is 0.494 e.